The first-order chi connectivity index (χ1) is 7.64. The number of hydrogen-bond donors (Lipinski definition) is 0. The molecule has 4 atom stereocenters. The fraction of sp³-hybridized carbons (Fsp3) is 0.500. The summed E-state index contributed by atoms with van der Waals surface area (Å²) in [6.45, 7) is 1.98. The van der Waals surface area contributed by atoms with Crippen molar-refractivity contribution in [3.05, 3.63) is 24.3 Å². The van der Waals surface area contributed by atoms with E-state index in [-0.39, 0.29) is 12.2 Å². The Morgan fingerprint density at radius 2 is 2.19 bits per heavy atom. The van der Waals surface area contributed by atoms with Gasteiger partial charge in [-0.2, -0.15) is 5.26 Å². The molecule has 4 bridgehead atoms. The number of hydrogen-bond acceptors (Lipinski definition) is 4. The van der Waals surface area contributed by atoms with Crippen molar-refractivity contribution in [2.75, 3.05) is 7.11 Å². The van der Waals surface area contributed by atoms with Gasteiger partial charge in [-0.15, -0.1) is 0 Å². The molecule has 0 saturated heterocycles. The number of methoxy groups -OCH3 is 1. The summed E-state index contributed by atoms with van der Waals surface area (Å²) in [5.74, 6) is 0.455. The minimum absolute atomic E-state index is 0.100. The van der Waals surface area contributed by atoms with E-state index >= 15 is 0 Å². The third kappa shape index (κ3) is 0.896. The molecule has 4 aliphatic rings. The molecule has 0 unspecified atom stereocenters. The molecule has 0 aromatic heterocycles. The van der Waals surface area contributed by atoms with Crippen LogP contribution < -0.4 is 0 Å². The molecule has 4 heteroatoms. The quantitative estimate of drug-likeness (QED) is 0.572. The van der Waals surface area contributed by atoms with Gasteiger partial charge in [0.1, 0.15) is 17.7 Å². The maximum atomic E-state index is 9.42. The third-order valence-electron chi connectivity index (χ3n) is 3.54. The Morgan fingerprint density at radius 1 is 1.44 bits per heavy atom. The van der Waals surface area contributed by atoms with Crippen LogP contribution in [0.25, 0.3) is 0 Å². The predicted octanol–water partition coefficient (Wildman–Crippen LogP) is 1.21. The van der Waals surface area contributed by atoms with Gasteiger partial charge in [-0.1, -0.05) is 24.3 Å². The molecule has 0 spiro atoms. The highest BCUT2D eigenvalue weighted by Gasteiger charge is 2.55. The molecule has 4 rings (SSSR count). The fourth-order valence-corrected chi connectivity index (χ4v) is 2.50. The van der Waals surface area contributed by atoms with Crippen LogP contribution in [0.3, 0.4) is 0 Å². The Balaban J connectivity index is 2.24. The van der Waals surface area contributed by atoms with Crippen molar-refractivity contribution >= 4 is 5.90 Å². The van der Waals surface area contributed by atoms with E-state index in [1.54, 1.807) is 7.11 Å². The number of nitriles is 1. The summed E-state index contributed by atoms with van der Waals surface area (Å²) >= 11 is 0. The summed E-state index contributed by atoms with van der Waals surface area (Å²) in [6.07, 6.45) is 7.35. The molecule has 4 heterocycles. The SMILES string of the molecule is COC1=N[C@@]2(C)C=C[C@]1(C#N)[C@@H]1C=C[C@H]2O1. The van der Waals surface area contributed by atoms with E-state index in [1.807, 2.05) is 31.2 Å². The molecular formula is C12H12N2O2. The number of nitrogens with zero attached hydrogens (tertiary/aromatic N) is 2. The molecule has 0 aromatic rings. The average Bonchev–Trinajstić information content (AvgIpc) is 2.72. The second-order valence-corrected chi connectivity index (χ2v) is 4.52. The number of rotatable bonds is 0. The molecule has 4 aliphatic heterocycles. The molecule has 0 N–H and O–H groups in total. The highest BCUT2D eigenvalue weighted by atomic mass is 16.5. The molecule has 4 nitrogen and oxygen atoms in total. The van der Waals surface area contributed by atoms with E-state index in [1.165, 1.54) is 0 Å². The standard InChI is InChI=1S/C12H12N2O2/c1-11-5-6-12(7-13,10(14-11)15-2)9-4-3-8(11)16-9/h3-6,8-9H,1-2H3/t8-,9+,11+,12+/m1/s1. The molecule has 0 amide bonds. The van der Waals surface area contributed by atoms with Crippen LogP contribution in [0.2, 0.25) is 0 Å². The van der Waals surface area contributed by atoms with Crippen LogP contribution in [0.1, 0.15) is 6.92 Å². The Labute approximate surface area is 93.9 Å². The van der Waals surface area contributed by atoms with Gasteiger partial charge in [0.05, 0.1) is 13.2 Å². The molecule has 0 aliphatic carbocycles. The largest absolute Gasteiger partial charge is 0.483 e. The van der Waals surface area contributed by atoms with E-state index in [2.05, 4.69) is 11.1 Å². The smallest absolute Gasteiger partial charge is 0.212 e. The topological polar surface area (TPSA) is 54.6 Å². The van der Waals surface area contributed by atoms with E-state index in [0.717, 1.165) is 0 Å². The summed E-state index contributed by atoms with van der Waals surface area (Å²) < 4.78 is 11.1. The van der Waals surface area contributed by atoms with Crippen LogP contribution in [0.5, 0.6) is 0 Å². The van der Waals surface area contributed by atoms with E-state index in [0.29, 0.717) is 5.90 Å². The molecule has 0 aromatic carbocycles. The van der Waals surface area contributed by atoms with E-state index in [4.69, 9.17) is 9.47 Å². The molecule has 0 fully saturated rings. The number of dihydropyridines is 1. The Bertz CT molecular complexity index is 474. The summed E-state index contributed by atoms with van der Waals surface area (Å²) in [4.78, 5) is 4.53. The fourth-order valence-electron chi connectivity index (χ4n) is 2.50. The van der Waals surface area contributed by atoms with Crippen molar-refractivity contribution in [1.82, 2.24) is 0 Å². The summed E-state index contributed by atoms with van der Waals surface area (Å²) in [6, 6.07) is 2.27. The first-order valence-electron chi connectivity index (χ1n) is 5.24. The van der Waals surface area contributed by atoms with Gasteiger partial charge >= 0.3 is 0 Å². The predicted molar refractivity (Wildman–Crippen MR) is 57.8 cm³/mol. The van der Waals surface area contributed by atoms with Crippen molar-refractivity contribution in [1.29, 1.82) is 5.26 Å². The zero-order valence-electron chi connectivity index (χ0n) is 9.18. The monoisotopic (exact) mass is 216 g/mol. The van der Waals surface area contributed by atoms with E-state index in [9.17, 15) is 5.26 Å². The van der Waals surface area contributed by atoms with Crippen molar-refractivity contribution in [3.63, 3.8) is 0 Å². The van der Waals surface area contributed by atoms with Gasteiger partial charge in [0.2, 0.25) is 5.90 Å². The molecular weight excluding hydrogens is 204 g/mol. The van der Waals surface area contributed by atoms with E-state index < -0.39 is 11.0 Å². The zero-order chi connectivity index (χ0) is 11.4. The number of aliphatic imine (C=N–C) groups is 1. The second-order valence-electron chi connectivity index (χ2n) is 4.52. The molecule has 16 heavy (non-hydrogen) atoms. The lowest BCUT2D eigenvalue weighted by Crippen LogP contribution is -2.42. The van der Waals surface area contributed by atoms with Gasteiger partial charge in [0.25, 0.3) is 0 Å². The molecule has 82 valence electrons. The lowest BCUT2D eigenvalue weighted by molar-refractivity contribution is 0.0234. The van der Waals surface area contributed by atoms with Crippen LogP contribution >= 0.6 is 0 Å². The van der Waals surface area contributed by atoms with Gasteiger partial charge in [0, 0.05) is 0 Å². The van der Waals surface area contributed by atoms with Crippen LogP contribution in [0.15, 0.2) is 29.3 Å². The first-order valence-corrected chi connectivity index (χ1v) is 5.24. The van der Waals surface area contributed by atoms with Crippen LogP contribution in [-0.2, 0) is 9.47 Å². The maximum absolute atomic E-state index is 9.42. The van der Waals surface area contributed by atoms with Crippen molar-refractivity contribution in [2.45, 2.75) is 24.7 Å². The van der Waals surface area contributed by atoms with Gasteiger partial charge < -0.3 is 9.47 Å². The lowest BCUT2D eigenvalue weighted by atomic mass is 9.77. The van der Waals surface area contributed by atoms with Gasteiger partial charge in [0.15, 0.2) is 5.41 Å². The zero-order valence-corrected chi connectivity index (χ0v) is 9.18. The first kappa shape index (κ1) is 9.61. The highest BCUT2D eigenvalue weighted by molar-refractivity contribution is 5.91. The van der Waals surface area contributed by atoms with Gasteiger partial charge in [-0.25, -0.2) is 4.99 Å². The van der Waals surface area contributed by atoms with Crippen molar-refractivity contribution < 1.29 is 9.47 Å². The molecule has 0 radical (unpaired) electrons. The number of ether oxygens (including phenoxy) is 2. The van der Waals surface area contributed by atoms with Crippen LogP contribution in [-0.4, -0.2) is 30.8 Å². The average molecular weight is 216 g/mol. The molecule has 0 saturated carbocycles. The van der Waals surface area contributed by atoms with Crippen LogP contribution in [0.4, 0.5) is 0 Å². The maximum Gasteiger partial charge on any atom is 0.212 e. The summed E-state index contributed by atoms with van der Waals surface area (Å²) in [7, 11) is 1.55. The minimum atomic E-state index is -0.893. The lowest BCUT2D eigenvalue weighted by Gasteiger charge is -2.31. The Kier molecular flexibility index (Phi) is 1.65. The van der Waals surface area contributed by atoms with Crippen LogP contribution in [0, 0.1) is 16.7 Å². The second kappa shape index (κ2) is 2.74. The third-order valence-corrected chi connectivity index (χ3v) is 3.54. The van der Waals surface area contributed by atoms with Crippen molar-refractivity contribution in [2.24, 2.45) is 10.4 Å². The van der Waals surface area contributed by atoms with Crippen molar-refractivity contribution in [3.8, 4) is 6.07 Å². The minimum Gasteiger partial charge on any atom is -0.483 e. The Morgan fingerprint density at radius 3 is 2.88 bits per heavy atom. The highest BCUT2D eigenvalue weighted by Crippen LogP contribution is 2.45. The van der Waals surface area contributed by atoms with Gasteiger partial charge in [-0.05, 0) is 6.92 Å². The van der Waals surface area contributed by atoms with Gasteiger partial charge in [-0.3, -0.25) is 0 Å². The summed E-state index contributed by atoms with van der Waals surface area (Å²) in [5.41, 5.74) is -1.34. The normalized spacial score (nSPS) is 47.4. The summed E-state index contributed by atoms with van der Waals surface area (Å²) in [5, 5.41) is 9.42. The Hall–Kier alpha value is -1.60.